The van der Waals surface area contributed by atoms with Crippen LogP contribution in [-0.2, 0) is 48.0 Å². The predicted octanol–water partition coefficient (Wildman–Crippen LogP) is 14.3. The van der Waals surface area contributed by atoms with E-state index in [2.05, 4.69) is 54.9 Å². The van der Waals surface area contributed by atoms with Crippen LogP contribution in [0, 0.1) is 17.8 Å². The zero-order valence-corrected chi connectivity index (χ0v) is 68.9. The van der Waals surface area contributed by atoms with Crippen molar-refractivity contribution in [1.29, 1.82) is 0 Å². The van der Waals surface area contributed by atoms with Crippen molar-refractivity contribution in [3.63, 3.8) is 0 Å². The van der Waals surface area contributed by atoms with Gasteiger partial charge in [-0.15, -0.1) is 12.4 Å². The van der Waals surface area contributed by atoms with Gasteiger partial charge < -0.3 is 75.3 Å². The van der Waals surface area contributed by atoms with Crippen molar-refractivity contribution in [2.75, 3.05) is 39.5 Å². The van der Waals surface area contributed by atoms with Crippen LogP contribution in [-0.4, -0.2) is 162 Å². The zero-order valence-electron chi connectivity index (χ0n) is 68.1. The van der Waals surface area contributed by atoms with Crippen molar-refractivity contribution in [2.45, 2.75) is 246 Å². The van der Waals surface area contributed by atoms with Crippen molar-refractivity contribution < 1.29 is 61.9 Å². The van der Waals surface area contributed by atoms with Crippen molar-refractivity contribution in [3.05, 3.63) is 180 Å². The predicted molar refractivity (Wildman–Crippen MR) is 441 cm³/mol. The van der Waals surface area contributed by atoms with E-state index in [9.17, 15) is 28.8 Å². The van der Waals surface area contributed by atoms with Crippen LogP contribution in [0.5, 0.6) is 34.5 Å². The molecule has 0 spiro atoms. The maximum atomic E-state index is 14.0. The van der Waals surface area contributed by atoms with Gasteiger partial charge in [-0.2, -0.15) is 0 Å². The summed E-state index contributed by atoms with van der Waals surface area (Å²) in [5.74, 6) is 4.04. The van der Waals surface area contributed by atoms with Crippen LogP contribution in [0.1, 0.15) is 171 Å². The van der Waals surface area contributed by atoms with Gasteiger partial charge in [0, 0.05) is 37.4 Å². The number of rotatable bonds is 35. The molecule has 11 atom stereocenters. The smallest absolute Gasteiger partial charge is 0.408 e. The number of hydrogen-bond donors (Lipinski definition) is 5. The van der Waals surface area contributed by atoms with Gasteiger partial charge in [-0.05, 0) is 181 Å². The van der Waals surface area contributed by atoms with Gasteiger partial charge in [0.15, 0.2) is 0 Å². The number of amides is 6. The van der Waals surface area contributed by atoms with Crippen LogP contribution in [0.4, 0.5) is 4.79 Å². The lowest BCUT2D eigenvalue weighted by molar-refractivity contribution is -0.139. The number of nitrogens with two attached hydrogens (primary N) is 2. The number of ether oxygens (including phenoxy) is 7. The molecule has 0 radical (unpaired) electrons. The molecule has 0 aromatic heterocycles. The fraction of sp³-hybridized carbons (Fsp3) is 0.528. The first-order valence-corrected chi connectivity index (χ1v) is 40.0. The number of nitrogens with one attached hydrogen (secondary N) is 3. The van der Waals surface area contributed by atoms with E-state index < -0.39 is 47.8 Å². The van der Waals surface area contributed by atoms with E-state index in [4.69, 9.17) is 44.6 Å². The lowest BCUT2D eigenvalue weighted by Crippen LogP contribution is -2.56. The second-order valence-corrected chi connectivity index (χ2v) is 31.0. The summed E-state index contributed by atoms with van der Waals surface area (Å²) < 4.78 is 42.1. The fourth-order valence-electron chi connectivity index (χ4n) is 13.9. The zero-order chi connectivity index (χ0) is 79.9. The summed E-state index contributed by atoms with van der Waals surface area (Å²) in [5.41, 5.74) is 14.8. The summed E-state index contributed by atoms with van der Waals surface area (Å²) in [6, 6.07) is 50.0. The summed E-state index contributed by atoms with van der Waals surface area (Å²) in [6.07, 6.45) is 8.87. The maximum Gasteiger partial charge on any atom is 0.408 e. The molecule has 3 saturated heterocycles. The number of aryl methyl sites for hydroxylation is 3. The van der Waals surface area contributed by atoms with Crippen LogP contribution in [0.3, 0.4) is 0 Å². The molecule has 608 valence electrons. The van der Waals surface area contributed by atoms with Crippen molar-refractivity contribution in [2.24, 2.45) is 29.2 Å². The minimum Gasteiger partial charge on any atom is -0.493 e. The molecule has 22 heteroatoms. The molecule has 0 bridgehead atoms. The summed E-state index contributed by atoms with van der Waals surface area (Å²) in [7, 11) is 0. The number of alkyl carbamates (subject to hydrolysis) is 1. The van der Waals surface area contributed by atoms with E-state index in [0.717, 1.165) is 105 Å². The second kappa shape index (κ2) is 46.1. The highest BCUT2D eigenvalue weighted by Crippen LogP contribution is 2.33. The van der Waals surface area contributed by atoms with Gasteiger partial charge in [0.2, 0.25) is 29.5 Å². The van der Waals surface area contributed by atoms with Gasteiger partial charge >= 0.3 is 6.09 Å². The molecule has 111 heavy (non-hydrogen) atoms. The first-order valence-electron chi connectivity index (χ1n) is 40.0. The summed E-state index contributed by atoms with van der Waals surface area (Å²) >= 11 is 0. The lowest BCUT2D eigenvalue weighted by Gasteiger charge is -2.31. The molecule has 6 amide bonds. The molecule has 9 rings (SSSR count). The molecule has 0 aliphatic carbocycles. The Morgan fingerprint density at radius 3 is 1.03 bits per heavy atom. The molecule has 7 N–H and O–H groups in total. The third kappa shape index (κ3) is 29.2. The average molecular weight is 1550 g/mol. The number of hydrogen-bond acceptors (Lipinski definition) is 15. The maximum absolute atomic E-state index is 14.0. The van der Waals surface area contributed by atoms with Crippen LogP contribution < -0.4 is 55.8 Å². The van der Waals surface area contributed by atoms with Crippen LogP contribution in [0.15, 0.2) is 164 Å². The molecule has 21 nitrogen and oxygen atoms in total. The largest absolute Gasteiger partial charge is 0.493 e. The van der Waals surface area contributed by atoms with Crippen LogP contribution >= 0.6 is 12.4 Å². The van der Waals surface area contributed by atoms with Crippen molar-refractivity contribution >= 4 is 48.0 Å². The molecule has 0 saturated carbocycles. The number of carbonyl (C=O) groups is 6. The highest BCUT2D eigenvalue weighted by molar-refractivity contribution is 5.92. The molecule has 3 heterocycles. The minimum atomic E-state index is -0.879. The Bertz CT molecular complexity index is 3770. The van der Waals surface area contributed by atoms with Crippen molar-refractivity contribution in [1.82, 2.24) is 30.7 Å². The third-order valence-electron chi connectivity index (χ3n) is 20.0. The molecule has 3 aliphatic rings. The molecule has 6 aromatic rings. The quantitative estimate of drug-likeness (QED) is 0.0232. The first kappa shape index (κ1) is 90.8. The molecule has 3 aliphatic heterocycles. The number of halogens is 1. The minimum absolute atomic E-state index is 0. The SMILES string of the molecule is CCc1ccccc1OCCC[C@@H]1C[C@H](Oc2ccccc2)CN1C(=O)[C@@H](N)C(C)C.CCc1ccccc1OCCC[C@@H]1C[C@H](Oc2ccccc2)CN1C(=O)[C@@H](NC(=O)[C@H](C)N)C(C)C.CCc1ccccc1OCCC[C@@H]1C[C@H](Oc2ccccc2)CN1C(=O)[C@@H](NC(=O)[C@H](C)NC(=O)OC(C)(C)C)C(C)C.Cl. The van der Waals surface area contributed by atoms with Gasteiger partial charge in [0.05, 0.1) is 51.5 Å². The highest BCUT2D eigenvalue weighted by Gasteiger charge is 2.43. The third-order valence-corrected chi connectivity index (χ3v) is 20.0. The topological polar surface area (TPSA) is 265 Å². The fourth-order valence-corrected chi connectivity index (χ4v) is 13.9. The van der Waals surface area contributed by atoms with Crippen molar-refractivity contribution in [3.8, 4) is 34.5 Å². The van der Waals surface area contributed by atoms with E-state index in [-0.39, 0.29) is 90.2 Å². The average Bonchev–Trinajstić information content (AvgIpc) is 1.69. The van der Waals surface area contributed by atoms with Gasteiger partial charge in [0.1, 0.15) is 76.5 Å². The van der Waals surface area contributed by atoms with E-state index >= 15 is 0 Å². The van der Waals surface area contributed by atoms with Gasteiger partial charge in [0.25, 0.3) is 0 Å². The molecular weight excluding hydrogens is 1420 g/mol. The number of likely N-dealkylation sites (tertiary alicyclic amines) is 3. The Morgan fingerprint density at radius 1 is 0.423 bits per heavy atom. The first-order chi connectivity index (χ1) is 52.7. The molecule has 6 aromatic carbocycles. The number of nitrogens with zero attached hydrogens (tertiary/aromatic N) is 3. The molecular formula is C89H127ClN8O13. The summed E-state index contributed by atoms with van der Waals surface area (Å²) in [6.45, 7) is 29.7. The second-order valence-electron chi connectivity index (χ2n) is 31.0. The Balaban J connectivity index is 0.000000262. The van der Waals surface area contributed by atoms with E-state index in [1.54, 1.807) is 34.6 Å². The standard InChI is InChI=1S/C34H49N3O6.C29H41N3O4.C26H36N2O3.ClH/c1-8-25-15-12-13-19-29(25)41-20-14-16-26-21-28(42-27-17-10-9-11-18-27)22-37(26)32(39)30(23(2)3)36-31(38)24(4)35-33(40)43-34(5,6)7;1-5-22-12-9-10-16-26(22)35-17-11-13-23-18-25(36-24-14-7-6-8-15-24)19-32(23)29(34)27(20(2)3)31-28(33)21(4)30;1-4-20-11-8-9-15-24(20)30-16-10-12-21-17-23(31-22-13-6-5-7-14-22)18-28(21)26(29)25(27)19(2)3;/h9-13,15,17-19,23-24,26,28,30H,8,14,16,20-22H2,1-7H3,(H,35,40)(H,36,38);6-10,12,14-16,20-21,23,25,27H,5,11,13,17-19,30H2,1-4H3,(H,31,33);5-9,11,13-15,19,21,23,25H,4,10,12,16-18,27H2,1-3H3;1H/t24-,26+,28-,30-;21-,23+,25-,27-;21-,23+,25+;/m001./s1. The monoisotopic (exact) mass is 1550 g/mol. The van der Waals surface area contributed by atoms with E-state index in [1.165, 1.54) is 16.7 Å². The highest BCUT2D eigenvalue weighted by atomic mass is 35.5. The Labute approximate surface area is 667 Å². The van der Waals surface area contributed by atoms with Gasteiger partial charge in [-0.3, -0.25) is 24.0 Å². The van der Waals surface area contributed by atoms with Crippen LogP contribution in [0.25, 0.3) is 0 Å². The Morgan fingerprint density at radius 2 is 0.730 bits per heavy atom. The van der Waals surface area contributed by atoms with Gasteiger partial charge in [-0.1, -0.05) is 172 Å². The van der Waals surface area contributed by atoms with Gasteiger partial charge in [-0.25, -0.2) is 4.79 Å². The van der Waals surface area contributed by atoms with E-state index in [1.807, 2.05) is 202 Å². The summed E-state index contributed by atoms with van der Waals surface area (Å²) in [5, 5.41) is 8.30. The number of benzene rings is 6. The lowest BCUT2D eigenvalue weighted by atomic mass is 10.0. The number of para-hydroxylation sites is 6. The number of carbonyl (C=O) groups excluding carboxylic acids is 6. The van der Waals surface area contributed by atoms with Crippen LogP contribution in [0.2, 0.25) is 0 Å². The Kier molecular flexibility index (Phi) is 37.7. The Hall–Kier alpha value is -9.05. The molecule has 3 fully saturated rings. The normalized spacial score (nSPS) is 18.6. The van der Waals surface area contributed by atoms with E-state index in [0.29, 0.717) is 45.9 Å². The summed E-state index contributed by atoms with van der Waals surface area (Å²) in [4.78, 5) is 84.0. The molecule has 0 unspecified atom stereocenters.